The maximum absolute atomic E-state index is 2.46. The molecule has 2 nitrogen and oxygen atoms in total. The third kappa shape index (κ3) is 6.04. The van der Waals surface area contributed by atoms with Crippen molar-refractivity contribution in [1.82, 2.24) is 4.57 Å². The summed E-state index contributed by atoms with van der Waals surface area (Å²) >= 11 is 0. The Morgan fingerprint density at radius 1 is 0.226 bits per heavy atom. The molecule has 2 heteroatoms. The van der Waals surface area contributed by atoms with Crippen LogP contribution in [0.5, 0.6) is 0 Å². The SMILES string of the molecule is c1ccc(-c2ccc(-c3ccc4c(c3)c3cc(-c5ccc(N(c6ccccc6)c6ccccc6)cc5)ccc3n4-c3ccc4c5ccccc5c5ccccc5c4c3)cc2)cc1. The molecule has 0 saturated carbocycles. The van der Waals surface area contributed by atoms with Crippen molar-refractivity contribution >= 4 is 71.2 Å². The second-order valence-corrected chi connectivity index (χ2v) is 16.1. The smallest absolute Gasteiger partial charge is 0.0541 e. The van der Waals surface area contributed by atoms with E-state index in [0.29, 0.717) is 0 Å². The first-order valence-electron chi connectivity index (χ1n) is 21.3. The molecular formula is C60H40N2. The van der Waals surface area contributed by atoms with Crippen LogP contribution in [0.15, 0.2) is 243 Å². The van der Waals surface area contributed by atoms with Crippen molar-refractivity contribution in [2.24, 2.45) is 0 Å². The van der Waals surface area contributed by atoms with Gasteiger partial charge in [-0.3, -0.25) is 0 Å². The van der Waals surface area contributed by atoms with Crippen molar-refractivity contribution < 1.29 is 0 Å². The molecule has 0 radical (unpaired) electrons. The largest absolute Gasteiger partial charge is 0.311 e. The molecule has 0 saturated heterocycles. The average molecular weight is 789 g/mol. The molecule has 0 bridgehead atoms. The number of benzene rings is 11. The molecule has 0 N–H and O–H groups in total. The topological polar surface area (TPSA) is 8.17 Å². The van der Waals surface area contributed by atoms with Crippen LogP contribution in [0.2, 0.25) is 0 Å². The Labute approximate surface area is 360 Å². The van der Waals surface area contributed by atoms with E-state index in [-0.39, 0.29) is 0 Å². The van der Waals surface area contributed by atoms with Crippen molar-refractivity contribution in [3.05, 3.63) is 243 Å². The molecule has 290 valence electrons. The molecule has 0 spiro atoms. The van der Waals surface area contributed by atoms with Gasteiger partial charge in [-0.2, -0.15) is 0 Å². The van der Waals surface area contributed by atoms with Crippen LogP contribution in [0.25, 0.3) is 93.2 Å². The van der Waals surface area contributed by atoms with E-state index in [1.165, 1.54) is 87.5 Å². The molecule has 0 unspecified atom stereocenters. The molecule has 62 heavy (non-hydrogen) atoms. The van der Waals surface area contributed by atoms with Crippen LogP contribution in [0.4, 0.5) is 17.1 Å². The number of hydrogen-bond acceptors (Lipinski definition) is 1. The van der Waals surface area contributed by atoms with Crippen molar-refractivity contribution in [3.8, 4) is 39.1 Å². The molecule has 0 aliphatic heterocycles. The van der Waals surface area contributed by atoms with E-state index in [9.17, 15) is 0 Å². The van der Waals surface area contributed by atoms with Crippen molar-refractivity contribution in [2.75, 3.05) is 4.90 Å². The van der Waals surface area contributed by atoms with Crippen LogP contribution in [-0.4, -0.2) is 4.57 Å². The Hall–Kier alpha value is -8.20. The summed E-state index contributed by atoms with van der Waals surface area (Å²) in [6.07, 6.45) is 0. The van der Waals surface area contributed by atoms with Gasteiger partial charge in [-0.05, 0) is 138 Å². The number of aromatic nitrogens is 1. The summed E-state index contributed by atoms with van der Waals surface area (Å²) in [5.41, 5.74) is 14.1. The lowest BCUT2D eigenvalue weighted by Gasteiger charge is -2.25. The Morgan fingerprint density at radius 3 is 1.08 bits per heavy atom. The summed E-state index contributed by atoms with van der Waals surface area (Å²) in [4.78, 5) is 2.31. The zero-order valence-electron chi connectivity index (χ0n) is 34.0. The Morgan fingerprint density at radius 2 is 0.581 bits per heavy atom. The predicted octanol–water partition coefficient (Wildman–Crippen LogP) is 16.7. The van der Waals surface area contributed by atoms with E-state index in [2.05, 4.69) is 252 Å². The van der Waals surface area contributed by atoms with Gasteiger partial charge >= 0.3 is 0 Å². The minimum absolute atomic E-state index is 1.11. The van der Waals surface area contributed by atoms with Crippen LogP contribution < -0.4 is 4.90 Å². The molecular weight excluding hydrogens is 749 g/mol. The van der Waals surface area contributed by atoms with Gasteiger partial charge in [0.05, 0.1) is 11.0 Å². The van der Waals surface area contributed by atoms with Crippen LogP contribution in [-0.2, 0) is 0 Å². The van der Waals surface area contributed by atoms with Crippen molar-refractivity contribution in [2.45, 2.75) is 0 Å². The number of hydrogen-bond donors (Lipinski definition) is 0. The highest BCUT2D eigenvalue weighted by Gasteiger charge is 2.18. The van der Waals surface area contributed by atoms with Gasteiger partial charge < -0.3 is 9.47 Å². The van der Waals surface area contributed by atoms with Gasteiger partial charge in [0.2, 0.25) is 0 Å². The van der Waals surface area contributed by atoms with Gasteiger partial charge in [0, 0.05) is 33.5 Å². The number of anilines is 3. The maximum atomic E-state index is 2.46. The Kier molecular flexibility index (Phi) is 8.53. The summed E-state index contributed by atoms with van der Waals surface area (Å²) in [6.45, 7) is 0. The summed E-state index contributed by atoms with van der Waals surface area (Å²) in [7, 11) is 0. The van der Waals surface area contributed by atoms with E-state index in [1.807, 2.05) is 0 Å². The minimum Gasteiger partial charge on any atom is -0.311 e. The molecule has 0 aliphatic rings. The van der Waals surface area contributed by atoms with E-state index in [1.54, 1.807) is 0 Å². The number of nitrogens with zero attached hydrogens (tertiary/aromatic N) is 2. The zero-order valence-corrected chi connectivity index (χ0v) is 34.0. The molecule has 1 heterocycles. The first kappa shape index (κ1) is 35.7. The van der Waals surface area contributed by atoms with Crippen LogP contribution >= 0.6 is 0 Å². The molecule has 12 aromatic rings. The standard InChI is InChI=1S/C60H40N2/c1-4-14-41(15-5-1)42-24-26-43(27-25-42)45-30-36-59-57(38-45)58-39-46(44-28-32-49(33-29-44)61(47-16-6-2-7-17-47)48-18-8-3-9-19-48)31-37-60(58)62(59)50-34-35-55-53-22-11-10-20-51(53)52-21-12-13-23-54(52)56(55)40-50/h1-40H. The zero-order chi connectivity index (χ0) is 41.0. The summed E-state index contributed by atoms with van der Waals surface area (Å²) in [5, 5.41) is 10.1. The lowest BCUT2D eigenvalue weighted by molar-refractivity contribution is 1.19. The predicted molar refractivity (Wildman–Crippen MR) is 264 cm³/mol. The lowest BCUT2D eigenvalue weighted by Crippen LogP contribution is -2.09. The van der Waals surface area contributed by atoms with E-state index >= 15 is 0 Å². The number of rotatable bonds is 7. The van der Waals surface area contributed by atoms with Crippen LogP contribution in [0, 0.1) is 0 Å². The van der Waals surface area contributed by atoms with Crippen molar-refractivity contribution in [1.29, 1.82) is 0 Å². The van der Waals surface area contributed by atoms with E-state index in [4.69, 9.17) is 0 Å². The van der Waals surface area contributed by atoms with Gasteiger partial charge in [-0.25, -0.2) is 0 Å². The normalized spacial score (nSPS) is 11.5. The second kappa shape index (κ2) is 14.8. The highest BCUT2D eigenvalue weighted by atomic mass is 15.1. The summed E-state index contributed by atoms with van der Waals surface area (Å²) in [6, 6.07) is 88.4. The first-order valence-corrected chi connectivity index (χ1v) is 21.3. The van der Waals surface area contributed by atoms with Crippen LogP contribution in [0.1, 0.15) is 0 Å². The summed E-state index contributed by atoms with van der Waals surface area (Å²) in [5.74, 6) is 0. The molecule has 0 aliphatic carbocycles. The molecule has 0 fully saturated rings. The fraction of sp³-hybridized carbons (Fsp3) is 0. The third-order valence-electron chi connectivity index (χ3n) is 12.6. The molecule has 0 amide bonds. The van der Waals surface area contributed by atoms with Gasteiger partial charge in [0.15, 0.2) is 0 Å². The Balaban J connectivity index is 1.02. The van der Waals surface area contributed by atoms with Crippen molar-refractivity contribution in [3.63, 3.8) is 0 Å². The molecule has 12 rings (SSSR count). The number of fused-ring (bicyclic) bond motifs is 9. The fourth-order valence-electron chi connectivity index (χ4n) is 9.59. The maximum Gasteiger partial charge on any atom is 0.0541 e. The first-order chi connectivity index (χ1) is 30.7. The highest BCUT2D eigenvalue weighted by Crippen LogP contribution is 2.41. The van der Waals surface area contributed by atoms with Gasteiger partial charge in [-0.1, -0.05) is 170 Å². The van der Waals surface area contributed by atoms with Gasteiger partial charge in [-0.15, -0.1) is 0 Å². The van der Waals surface area contributed by atoms with Gasteiger partial charge in [0.25, 0.3) is 0 Å². The monoisotopic (exact) mass is 788 g/mol. The molecule has 11 aromatic carbocycles. The average Bonchev–Trinajstić information content (AvgIpc) is 3.68. The third-order valence-corrected chi connectivity index (χ3v) is 12.6. The second-order valence-electron chi connectivity index (χ2n) is 16.1. The Bertz CT molecular complexity index is 3510. The highest BCUT2D eigenvalue weighted by molar-refractivity contribution is 6.25. The van der Waals surface area contributed by atoms with Crippen LogP contribution in [0.3, 0.4) is 0 Å². The van der Waals surface area contributed by atoms with E-state index in [0.717, 1.165) is 22.7 Å². The van der Waals surface area contributed by atoms with Gasteiger partial charge in [0.1, 0.15) is 0 Å². The number of para-hydroxylation sites is 2. The lowest BCUT2D eigenvalue weighted by atomic mass is 9.94. The fourth-order valence-corrected chi connectivity index (χ4v) is 9.59. The molecule has 0 atom stereocenters. The quantitative estimate of drug-likeness (QED) is 0.146. The molecule has 1 aromatic heterocycles. The van der Waals surface area contributed by atoms with E-state index < -0.39 is 0 Å². The summed E-state index contributed by atoms with van der Waals surface area (Å²) < 4.78 is 2.46. The minimum atomic E-state index is 1.11.